The van der Waals surface area contributed by atoms with Gasteiger partial charge in [0.15, 0.2) is 6.04 Å². The van der Waals surface area contributed by atoms with Gasteiger partial charge in [0.1, 0.15) is 0 Å². The van der Waals surface area contributed by atoms with Gasteiger partial charge in [0.25, 0.3) is 5.91 Å². The van der Waals surface area contributed by atoms with Crippen LogP contribution >= 0.6 is 0 Å². The molecule has 0 aliphatic rings. The number of carbonyl (C=O) groups excluding carboxylic acids is 3. The molecule has 9 heteroatoms. The average Bonchev–Trinajstić information content (AvgIpc) is 2.94. The third kappa shape index (κ3) is 7.55. The number of para-hydroxylation sites is 1. The van der Waals surface area contributed by atoms with E-state index in [1.165, 1.54) is 12.1 Å². The number of urea groups is 1. The number of benzene rings is 4. The van der Waals surface area contributed by atoms with Crippen LogP contribution in [-0.4, -0.2) is 28.9 Å². The summed E-state index contributed by atoms with van der Waals surface area (Å²) in [5.74, 6) is -1.97. The smallest absolute Gasteiger partial charge is 0.330 e. The predicted octanol–water partition coefficient (Wildman–Crippen LogP) is 5.38. The SMILES string of the molecule is Cc1ccccc1NC(=O)Nc1ccc(CC(=O)Nc2ccc(C(=O)NC(C(=O)O)c3ccccc3)cc2)cc1. The molecule has 9 nitrogen and oxygen atoms in total. The van der Waals surface area contributed by atoms with Crippen molar-refractivity contribution in [2.24, 2.45) is 0 Å². The highest BCUT2D eigenvalue weighted by atomic mass is 16.4. The fourth-order valence-electron chi connectivity index (χ4n) is 3.95. The van der Waals surface area contributed by atoms with Gasteiger partial charge in [-0.25, -0.2) is 9.59 Å². The highest BCUT2D eigenvalue weighted by molar-refractivity contribution is 6.00. The third-order valence-corrected chi connectivity index (χ3v) is 6.06. The van der Waals surface area contributed by atoms with E-state index in [0.717, 1.165) is 16.8 Å². The maximum absolute atomic E-state index is 12.6. The summed E-state index contributed by atoms with van der Waals surface area (Å²) < 4.78 is 0. The van der Waals surface area contributed by atoms with Crippen LogP contribution in [0.1, 0.15) is 33.1 Å². The Balaban J connectivity index is 1.28. The van der Waals surface area contributed by atoms with Crippen LogP contribution in [0.25, 0.3) is 0 Å². The molecule has 0 radical (unpaired) electrons. The van der Waals surface area contributed by atoms with Crippen molar-refractivity contribution in [3.05, 3.63) is 125 Å². The number of hydrogen-bond donors (Lipinski definition) is 5. The van der Waals surface area contributed by atoms with Crippen LogP contribution in [0.15, 0.2) is 103 Å². The Kier molecular flexibility index (Phi) is 8.88. The maximum atomic E-state index is 12.6. The van der Waals surface area contributed by atoms with Gasteiger partial charge >= 0.3 is 12.0 Å². The first-order valence-corrected chi connectivity index (χ1v) is 12.5. The summed E-state index contributed by atoms with van der Waals surface area (Å²) in [7, 11) is 0. The second kappa shape index (κ2) is 12.9. The fourth-order valence-corrected chi connectivity index (χ4v) is 3.95. The van der Waals surface area contributed by atoms with Crippen molar-refractivity contribution < 1.29 is 24.3 Å². The van der Waals surface area contributed by atoms with E-state index in [4.69, 9.17) is 0 Å². The molecule has 202 valence electrons. The van der Waals surface area contributed by atoms with Crippen molar-refractivity contribution in [3.63, 3.8) is 0 Å². The molecule has 5 N–H and O–H groups in total. The highest BCUT2D eigenvalue weighted by Gasteiger charge is 2.22. The molecule has 0 aliphatic heterocycles. The van der Waals surface area contributed by atoms with Crippen LogP contribution in [0.2, 0.25) is 0 Å². The number of hydrogen-bond acceptors (Lipinski definition) is 4. The molecule has 4 aromatic rings. The largest absolute Gasteiger partial charge is 0.479 e. The molecular formula is C31H28N4O5. The van der Waals surface area contributed by atoms with E-state index in [2.05, 4.69) is 21.3 Å². The van der Waals surface area contributed by atoms with E-state index in [1.54, 1.807) is 66.7 Å². The Labute approximate surface area is 231 Å². The Hall–Kier alpha value is -5.44. The molecule has 0 fully saturated rings. The van der Waals surface area contributed by atoms with Gasteiger partial charge in [0, 0.05) is 22.6 Å². The molecular weight excluding hydrogens is 508 g/mol. The van der Waals surface area contributed by atoms with Crippen LogP contribution in [0.5, 0.6) is 0 Å². The van der Waals surface area contributed by atoms with Crippen molar-refractivity contribution in [3.8, 4) is 0 Å². The van der Waals surface area contributed by atoms with Gasteiger partial charge in [-0.15, -0.1) is 0 Å². The molecule has 0 aromatic heterocycles. The zero-order valence-corrected chi connectivity index (χ0v) is 21.7. The molecule has 0 saturated heterocycles. The lowest BCUT2D eigenvalue weighted by molar-refractivity contribution is -0.139. The molecule has 4 rings (SSSR count). The zero-order valence-electron chi connectivity index (χ0n) is 21.7. The van der Waals surface area contributed by atoms with E-state index in [9.17, 15) is 24.3 Å². The molecule has 40 heavy (non-hydrogen) atoms. The molecule has 0 bridgehead atoms. The molecule has 0 heterocycles. The van der Waals surface area contributed by atoms with E-state index in [1.807, 2.05) is 31.2 Å². The van der Waals surface area contributed by atoms with Crippen molar-refractivity contribution in [2.45, 2.75) is 19.4 Å². The number of carboxylic acids is 1. The van der Waals surface area contributed by atoms with Gasteiger partial charge in [-0.3, -0.25) is 9.59 Å². The summed E-state index contributed by atoms with van der Waals surface area (Å²) in [6.07, 6.45) is 0.106. The van der Waals surface area contributed by atoms with E-state index in [-0.39, 0.29) is 23.9 Å². The van der Waals surface area contributed by atoms with Gasteiger partial charge in [-0.05, 0) is 66.1 Å². The normalized spacial score (nSPS) is 11.1. The number of aryl methyl sites for hydroxylation is 1. The summed E-state index contributed by atoms with van der Waals surface area (Å²) in [4.78, 5) is 49.1. The number of rotatable bonds is 9. The Morgan fingerprint density at radius 2 is 1.30 bits per heavy atom. The highest BCUT2D eigenvalue weighted by Crippen LogP contribution is 2.17. The van der Waals surface area contributed by atoms with E-state index >= 15 is 0 Å². The standard InChI is InChI=1S/C31H28N4O5/c1-20-7-5-6-10-26(20)34-31(40)33-25-15-11-21(12-16-25)19-27(36)32-24-17-13-23(14-18-24)29(37)35-28(30(38)39)22-8-3-2-4-9-22/h2-18,28H,19H2,1H3,(H,32,36)(H,35,37)(H,38,39)(H2,33,34,40). The van der Waals surface area contributed by atoms with Gasteiger partial charge in [-0.1, -0.05) is 60.7 Å². The van der Waals surface area contributed by atoms with Crippen molar-refractivity contribution in [2.75, 3.05) is 16.0 Å². The monoisotopic (exact) mass is 536 g/mol. The summed E-state index contributed by atoms with van der Waals surface area (Å²) >= 11 is 0. The van der Waals surface area contributed by atoms with Crippen molar-refractivity contribution in [1.82, 2.24) is 5.32 Å². The maximum Gasteiger partial charge on any atom is 0.330 e. The Morgan fingerprint density at radius 1 is 0.700 bits per heavy atom. The van der Waals surface area contributed by atoms with E-state index < -0.39 is 17.9 Å². The summed E-state index contributed by atoms with van der Waals surface area (Å²) in [6.45, 7) is 1.91. The number of amides is 4. The van der Waals surface area contributed by atoms with Crippen LogP contribution < -0.4 is 21.3 Å². The fraction of sp³-hybridized carbons (Fsp3) is 0.0968. The molecule has 1 atom stereocenters. The number of nitrogens with one attached hydrogen (secondary N) is 4. The minimum Gasteiger partial charge on any atom is -0.479 e. The lowest BCUT2D eigenvalue weighted by atomic mass is 10.1. The summed E-state index contributed by atoms with van der Waals surface area (Å²) in [6, 6.07) is 27.4. The first kappa shape index (κ1) is 27.6. The van der Waals surface area contributed by atoms with Crippen LogP contribution in [0, 0.1) is 6.92 Å². The van der Waals surface area contributed by atoms with Crippen LogP contribution in [-0.2, 0) is 16.0 Å². The molecule has 4 amide bonds. The molecule has 1 unspecified atom stereocenters. The number of aliphatic carboxylic acids is 1. The third-order valence-electron chi connectivity index (χ3n) is 6.06. The van der Waals surface area contributed by atoms with Crippen LogP contribution in [0.3, 0.4) is 0 Å². The van der Waals surface area contributed by atoms with E-state index in [0.29, 0.717) is 16.9 Å². The quantitative estimate of drug-likeness (QED) is 0.196. The Bertz CT molecular complexity index is 1500. The first-order valence-electron chi connectivity index (χ1n) is 12.5. The second-order valence-electron chi connectivity index (χ2n) is 9.05. The van der Waals surface area contributed by atoms with Gasteiger partial charge in [-0.2, -0.15) is 0 Å². The second-order valence-corrected chi connectivity index (χ2v) is 9.05. The predicted molar refractivity (Wildman–Crippen MR) is 153 cm³/mol. The lowest BCUT2D eigenvalue weighted by Gasteiger charge is -2.15. The zero-order chi connectivity index (χ0) is 28.5. The number of anilines is 3. The molecule has 4 aromatic carbocycles. The molecule has 0 spiro atoms. The lowest BCUT2D eigenvalue weighted by Crippen LogP contribution is -2.33. The van der Waals surface area contributed by atoms with Crippen molar-refractivity contribution >= 4 is 40.9 Å². The summed E-state index contributed by atoms with van der Waals surface area (Å²) in [5, 5.41) is 20.4. The number of carbonyl (C=O) groups is 4. The van der Waals surface area contributed by atoms with Crippen LogP contribution in [0.4, 0.5) is 21.9 Å². The van der Waals surface area contributed by atoms with Crippen molar-refractivity contribution in [1.29, 1.82) is 0 Å². The Morgan fingerprint density at radius 3 is 1.95 bits per heavy atom. The van der Waals surface area contributed by atoms with Gasteiger partial charge < -0.3 is 26.4 Å². The topological polar surface area (TPSA) is 137 Å². The average molecular weight is 537 g/mol. The number of carboxylic acid groups (broad SMARTS) is 1. The first-order chi connectivity index (χ1) is 19.3. The minimum atomic E-state index is -1.18. The van der Waals surface area contributed by atoms with Gasteiger partial charge in [0.2, 0.25) is 5.91 Å². The minimum absolute atomic E-state index is 0.106. The molecule has 0 aliphatic carbocycles. The summed E-state index contributed by atoms with van der Waals surface area (Å²) in [5.41, 5.74) is 4.22. The molecule has 0 saturated carbocycles. The van der Waals surface area contributed by atoms with Gasteiger partial charge in [0.05, 0.1) is 6.42 Å².